The zero-order valence-corrected chi connectivity index (χ0v) is 12.7. The predicted octanol–water partition coefficient (Wildman–Crippen LogP) is 5.42. The first-order valence-corrected chi connectivity index (χ1v) is 7.50. The minimum absolute atomic E-state index is 0.857. The normalized spacial score (nSPS) is 14.3. The van der Waals surface area contributed by atoms with Crippen LogP contribution < -0.4 is 5.32 Å². The van der Waals surface area contributed by atoms with Crippen molar-refractivity contribution in [2.45, 2.75) is 26.8 Å². The first-order valence-electron chi connectivity index (χ1n) is 7.50. The predicted molar refractivity (Wildman–Crippen MR) is 91.2 cm³/mol. The largest absolute Gasteiger partial charge is 0.381 e. The molecule has 1 heteroatoms. The molecule has 0 unspecified atom stereocenters. The number of para-hydroxylation sites is 1. The summed E-state index contributed by atoms with van der Waals surface area (Å²) in [5.41, 5.74) is 8.22. The lowest BCUT2D eigenvalue weighted by atomic mass is 9.95. The molecule has 0 bridgehead atoms. The standard InChI is InChI=1S/C20H21N/c1-15-12-13-19(16(15)2)20-11-7-6-8-17(20)14-21-18-9-4-3-5-10-18/h3-12,21H,13-14H2,1-2H3. The van der Waals surface area contributed by atoms with E-state index < -0.39 is 0 Å². The highest BCUT2D eigenvalue weighted by Gasteiger charge is 2.14. The second kappa shape index (κ2) is 6.01. The summed E-state index contributed by atoms with van der Waals surface area (Å²) in [7, 11) is 0. The molecule has 0 saturated carbocycles. The van der Waals surface area contributed by atoms with Crippen LogP contribution in [-0.2, 0) is 6.54 Å². The van der Waals surface area contributed by atoms with E-state index in [1.54, 1.807) is 0 Å². The Bertz CT molecular complexity index is 693. The molecule has 106 valence electrons. The average Bonchev–Trinajstić information content (AvgIpc) is 2.86. The van der Waals surface area contributed by atoms with Crippen molar-refractivity contribution in [3.8, 4) is 0 Å². The summed E-state index contributed by atoms with van der Waals surface area (Å²) < 4.78 is 0. The lowest BCUT2D eigenvalue weighted by Gasteiger charge is -2.14. The Balaban J connectivity index is 1.84. The van der Waals surface area contributed by atoms with Crippen LogP contribution in [0.5, 0.6) is 0 Å². The van der Waals surface area contributed by atoms with E-state index in [2.05, 4.69) is 73.8 Å². The fraction of sp³-hybridized carbons (Fsp3) is 0.200. The number of hydrogen-bond acceptors (Lipinski definition) is 1. The third kappa shape index (κ3) is 2.92. The topological polar surface area (TPSA) is 12.0 Å². The van der Waals surface area contributed by atoms with Gasteiger partial charge in [0.15, 0.2) is 0 Å². The van der Waals surface area contributed by atoms with Crippen molar-refractivity contribution >= 4 is 11.3 Å². The second-order valence-corrected chi connectivity index (χ2v) is 5.57. The highest BCUT2D eigenvalue weighted by atomic mass is 14.9. The van der Waals surface area contributed by atoms with Crippen LogP contribution in [0.15, 0.2) is 71.8 Å². The van der Waals surface area contributed by atoms with Gasteiger partial charge in [-0.05, 0) is 54.7 Å². The maximum atomic E-state index is 3.51. The molecule has 3 rings (SSSR count). The van der Waals surface area contributed by atoms with Gasteiger partial charge in [0, 0.05) is 12.2 Å². The summed E-state index contributed by atoms with van der Waals surface area (Å²) in [5.74, 6) is 0. The SMILES string of the molecule is CC1=CCC(c2ccccc2CNc2ccccc2)=C1C. The molecule has 0 atom stereocenters. The Labute approximate surface area is 127 Å². The van der Waals surface area contributed by atoms with Crippen LogP contribution in [0.1, 0.15) is 31.4 Å². The Hall–Kier alpha value is -2.28. The van der Waals surface area contributed by atoms with Crippen LogP contribution in [0.25, 0.3) is 5.57 Å². The fourth-order valence-corrected chi connectivity index (χ4v) is 2.83. The van der Waals surface area contributed by atoms with Gasteiger partial charge in [0.1, 0.15) is 0 Å². The second-order valence-electron chi connectivity index (χ2n) is 5.57. The van der Waals surface area contributed by atoms with Gasteiger partial charge in [0.05, 0.1) is 0 Å². The summed E-state index contributed by atoms with van der Waals surface area (Å²) in [4.78, 5) is 0. The van der Waals surface area contributed by atoms with E-state index in [1.165, 1.54) is 33.5 Å². The minimum atomic E-state index is 0.857. The molecule has 1 aliphatic rings. The summed E-state index contributed by atoms with van der Waals surface area (Å²) in [6, 6.07) is 19.1. The third-order valence-electron chi connectivity index (χ3n) is 4.26. The van der Waals surface area contributed by atoms with Crippen molar-refractivity contribution in [3.63, 3.8) is 0 Å². The summed E-state index contributed by atoms with van der Waals surface area (Å²) in [5, 5.41) is 3.51. The molecule has 21 heavy (non-hydrogen) atoms. The maximum absolute atomic E-state index is 3.51. The smallest absolute Gasteiger partial charge is 0.0406 e. The van der Waals surface area contributed by atoms with Crippen molar-refractivity contribution < 1.29 is 0 Å². The van der Waals surface area contributed by atoms with Gasteiger partial charge in [-0.2, -0.15) is 0 Å². The van der Waals surface area contributed by atoms with Crippen LogP contribution in [-0.4, -0.2) is 0 Å². The highest BCUT2D eigenvalue weighted by molar-refractivity contribution is 5.78. The van der Waals surface area contributed by atoms with Gasteiger partial charge >= 0.3 is 0 Å². The molecule has 0 saturated heterocycles. The molecule has 1 nitrogen and oxygen atoms in total. The number of rotatable bonds is 4. The zero-order valence-electron chi connectivity index (χ0n) is 12.7. The van der Waals surface area contributed by atoms with Crippen LogP contribution in [0.2, 0.25) is 0 Å². The van der Waals surface area contributed by atoms with Gasteiger partial charge in [-0.3, -0.25) is 0 Å². The van der Waals surface area contributed by atoms with Crippen LogP contribution in [0.3, 0.4) is 0 Å². The fourth-order valence-electron chi connectivity index (χ4n) is 2.83. The van der Waals surface area contributed by atoms with Gasteiger partial charge in [-0.25, -0.2) is 0 Å². The molecule has 0 radical (unpaired) electrons. The van der Waals surface area contributed by atoms with Crippen LogP contribution in [0, 0.1) is 0 Å². The maximum Gasteiger partial charge on any atom is 0.0406 e. The number of allylic oxidation sites excluding steroid dienone is 4. The van der Waals surface area contributed by atoms with Crippen molar-refractivity contribution in [3.05, 3.63) is 82.9 Å². The Morgan fingerprint density at radius 2 is 1.62 bits per heavy atom. The number of hydrogen-bond donors (Lipinski definition) is 1. The molecule has 1 aliphatic carbocycles. The Morgan fingerprint density at radius 1 is 0.905 bits per heavy atom. The molecule has 0 heterocycles. The molecule has 2 aromatic carbocycles. The molecule has 0 aromatic heterocycles. The van der Waals surface area contributed by atoms with Gasteiger partial charge < -0.3 is 5.32 Å². The molecule has 0 aliphatic heterocycles. The third-order valence-corrected chi connectivity index (χ3v) is 4.26. The molecular weight excluding hydrogens is 254 g/mol. The molecule has 0 fully saturated rings. The average molecular weight is 275 g/mol. The van der Waals surface area contributed by atoms with Gasteiger partial charge in [-0.15, -0.1) is 0 Å². The number of nitrogens with one attached hydrogen (secondary N) is 1. The zero-order chi connectivity index (χ0) is 14.7. The molecule has 1 N–H and O–H groups in total. The Morgan fingerprint density at radius 3 is 2.33 bits per heavy atom. The first kappa shape index (κ1) is 13.7. The van der Waals surface area contributed by atoms with E-state index in [1.807, 2.05) is 6.07 Å². The van der Waals surface area contributed by atoms with Crippen molar-refractivity contribution in [2.75, 3.05) is 5.32 Å². The lowest BCUT2D eigenvalue weighted by molar-refractivity contribution is 1.13. The summed E-state index contributed by atoms with van der Waals surface area (Å²) in [6.45, 7) is 5.29. The summed E-state index contributed by atoms with van der Waals surface area (Å²) in [6.07, 6.45) is 3.38. The molecular formula is C20H21N. The van der Waals surface area contributed by atoms with Crippen molar-refractivity contribution in [1.82, 2.24) is 0 Å². The van der Waals surface area contributed by atoms with E-state index in [0.29, 0.717) is 0 Å². The van der Waals surface area contributed by atoms with Crippen LogP contribution in [0.4, 0.5) is 5.69 Å². The van der Waals surface area contributed by atoms with Crippen LogP contribution >= 0.6 is 0 Å². The Kier molecular flexibility index (Phi) is 3.92. The minimum Gasteiger partial charge on any atom is -0.381 e. The van der Waals surface area contributed by atoms with Gasteiger partial charge in [0.25, 0.3) is 0 Å². The van der Waals surface area contributed by atoms with E-state index in [-0.39, 0.29) is 0 Å². The monoisotopic (exact) mass is 275 g/mol. The summed E-state index contributed by atoms with van der Waals surface area (Å²) >= 11 is 0. The van der Waals surface area contributed by atoms with E-state index in [9.17, 15) is 0 Å². The molecule has 2 aromatic rings. The van der Waals surface area contributed by atoms with E-state index in [4.69, 9.17) is 0 Å². The van der Waals surface area contributed by atoms with Crippen molar-refractivity contribution in [1.29, 1.82) is 0 Å². The molecule has 0 amide bonds. The first-order chi connectivity index (χ1) is 10.3. The van der Waals surface area contributed by atoms with E-state index in [0.717, 1.165) is 13.0 Å². The number of anilines is 1. The number of benzene rings is 2. The van der Waals surface area contributed by atoms with Gasteiger partial charge in [-0.1, -0.05) is 54.1 Å². The van der Waals surface area contributed by atoms with Gasteiger partial charge in [0.2, 0.25) is 0 Å². The van der Waals surface area contributed by atoms with Crippen molar-refractivity contribution in [2.24, 2.45) is 0 Å². The van der Waals surface area contributed by atoms with E-state index >= 15 is 0 Å². The quantitative estimate of drug-likeness (QED) is 0.785. The molecule has 0 spiro atoms. The highest BCUT2D eigenvalue weighted by Crippen LogP contribution is 2.34. The lowest BCUT2D eigenvalue weighted by Crippen LogP contribution is -2.02.